The largest absolute Gasteiger partial charge is 0.356 e. The first kappa shape index (κ1) is 16.3. The van der Waals surface area contributed by atoms with E-state index in [1.165, 1.54) is 6.42 Å². The van der Waals surface area contributed by atoms with Crippen molar-refractivity contribution in [3.05, 3.63) is 0 Å². The van der Waals surface area contributed by atoms with Crippen LogP contribution in [-0.4, -0.2) is 41.9 Å². The normalized spacial score (nSPS) is 31.0. The summed E-state index contributed by atoms with van der Waals surface area (Å²) in [5.74, 6) is 0.801. The highest BCUT2D eigenvalue weighted by Gasteiger charge is 2.41. The molecule has 2 unspecified atom stereocenters. The lowest BCUT2D eigenvalue weighted by Crippen LogP contribution is -2.59. The van der Waals surface area contributed by atoms with E-state index >= 15 is 0 Å². The van der Waals surface area contributed by atoms with E-state index in [4.69, 9.17) is 5.73 Å². The Balaban J connectivity index is 1.89. The molecule has 0 aromatic carbocycles. The zero-order valence-electron chi connectivity index (χ0n) is 13.4. The van der Waals surface area contributed by atoms with Crippen LogP contribution < -0.4 is 11.1 Å². The number of rotatable bonds is 3. The SMILES string of the molecule is CCNC(=O)C1CCN(C(=O)C2(N)CCCC(C)C2)CC1. The molecule has 0 bridgehead atoms. The molecule has 1 aliphatic heterocycles. The third-order valence-corrected chi connectivity index (χ3v) is 4.96. The maximum absolute atomic E-state index is 12.7. The molecule has 5 nitrogen and oxygen atoms in total. The molecule has 2 fully saturated rings. The molecule has 2 rings (SSSR count). The second kappa shape index (κ2) is 6.77. The summed E-state index contributed by atoms with van der Waals surface area (Å²) in [4.78, 5) is 26.4. The van der Waals surface area contributed by atoms with Gasteiger partial charge < -0.3 is 16.0 Å². The first-order valence-corrected chi connectivity index (χ1v) is 8.32. The maximum atomic E-state index is 12.7. The summed E-state index contributed by atoms with van der Waals surface area (Å²) in [6.07, 6.45) is 5.31. The van der Waals surface area contributed by atoms with Crippen molar-refractivity contribution in [3.63, 3.8) is 0 Å². The van der Waals surface area contributed by atoms with Gasteiger partial charge in [0.25, 0.3) is 0 Å². The zero-order valence-corrected chi connectivity index (χ0v) is 13.4. The molecular formula is C16H29N3O2. The zero-order chi connectivity index (χ0) is 15.5. The van der Waals surface area contributed by atoms with Gasteiger partial charge in [0.05, 0.1) is 5.54 Å². The van der Waals surface area contributed by atoms with Gasteiger partial charge in [-0.05, 0) is 38.5 Å². The number of hydrogen-bond donors (Lipinski definition) is 2. The molecule has 1 saturated carbocycles. The van der Waals surface area contributed by atoms with E-state index in [0.29, 0.717) is 25.6 Å². The van der Waals surface area contributed by atoms with Crippen molar-refractivity contribution >= 4 is 11.8 Å². The van der Waals surface area contributed by atoms with Gasteiger partial charge >= 0.3 is 0 Å². The molecule has 0 aromatic rings. The van der Waals surface area contributed by atoms with Crippen LogP contribution in [0.5, 0.6) is 0 Å². The second-order valence-electron chi connectivity index (χ2n) is 6.82. The number of nitrogens with two attached hydrogens (primary N) is 1. The lowest BCUT2D eigenvalue weighted by Gasteiger charge is -2.41. The minimum Gasteiger partial charge on any atom is -0.356 e. The van der Waals surface area contributed by atoms with Crippen molar-refractivity contribution in [2.45, 2.75) is 57.9 Å². The number of nitrogens with zero attached hydrogens (tertiary/aromatic N) is 1. The fourth-order valence-corrected chi connectivity index (χ4v) is 3.76. The van der Waals surface area contributed by atoms with E-state index in [1.54, 1.807) is 0 Å². The van der Waals surface area contributed by atoms with Crippen molar-refractivity contribution < 1.29 is 9.59 Å². The average molecular weight is 295 g/mol. The number of hydrogen-bond acceptors (Lipinski definition) is 3. The first-order chi connectivity index (χ1) is 9.96. The molecular weight excluding hydrogens is 266 g/mol. The number of likely N-dealkylation sites (tertiary alicyclic amines) is 1. The molecule has 0 spiro atoms. The Morgan fingerprint density at radius 3 is 2.52 bits per heavy atom. The standard InChI is InChI=1S/C16H29N3O2/c1-3-18-14(20)13-6-9-19(10-7-13)15(21)16(17)8-4-5-12(2)11-16/h12-13H,3-11,17H2,1-2H3,(H,18,20). The molecule has 3 N–H and O–H groups in total. The lowest BCUT2D eigenvalue weighted by molar-refractivity contribution is -0.142. The molecule has 2 atom stereocenters. The van der Waals surface area contributed by atoms with Gasteiger partial charge in [-0.2, -0.15) is 0 Å². The average Bonchev–Trinajstić information content (AvgIpc) is 2.46. The highest BCUT2D eigenvalue weighted by Crippen LogP contribution is 2.32. The van der Waals surface area contributed by atoms with Gasteiger partial charge in [0.1, 0.15) is 0 Å². The molecule has 1 heterocycles. The van der Waals surface area contributed by atoms with Crippen LogP contribution in [-0.2, 0) is 9.59 Å². The summed E-state index contributed by atoms with van der Waals surface area (Å²) in [5, 5.41) is 2.87. The highest BCUT2D eigenvalue weighted by molar-refractivity contribution is 5.86. The van der Waals surface area contributed by atoms with Gasteiger partial charge in [-0.15, -0.1) is 0 Å². The Morgan fingerprint density at radius 1 is 1.29 bits per heavy atom. The van der Waals surface area contributed by atoms with Gasteiger partial charge in [-0.25, -0.2) is 0 Å². The van der Waals surface area contributed by atoms with Crippen LogP contribution in [0.3, 0.4) is 0 Å². The summed E-state index contributed by atoms with van der Waals surface area (Å²) in [7, 11) is 0. The summed E-state index contributed by atoms with van der Waals surface area (Å²) >= 11 is 0. The van der Waals surface area contributed by atoms with Crippen LogP contribution in [0.15, 0.2) is 0 Å². The monoisotopic (exact) mass is 295 g/mol. The molecule has 120 valence electrons. The third kappa shape index (κ3) is 3.76. The van der Waals surface area contributed by atoms with Gasteiger partial charge in [0.15, 0.2) is 0 Å². The van der Waals surface area contributed by atoms with E-state index in [9.17, 15) is 9.59 Å². The summed E-state index contributed by atoms with van der Waals surface area (Å²) in [6, 6.07) is 0. The molecule has 1 saturated heterocycles. The van der Waals surface area contributed by atoms with E-state index in [0.717, 1.165) is 32.1 Å². The van der Waals surface area contributed by atoms with Crippen molar-refractivity contribution in [2.24, 2.45) is 17.6 Å². The molecule has 2 aliphatic rings. The first-order valence-electron chi connectivity index (χ1n) is 8.32. The second-order valence-corrected chi connectivity index (χ2v) is 6.82. The quantitative estimate of drug-likeness (QED) is 0.823. The topological polar surface area (TPSA) is 75.4 Å². The number of carbonyl (C=O) groups excluding carboxylic acids is 2. The van der Waals surface area contributed by atoms with Crippen molar-refractivity contribution in [2.75, 3.05) is 19.6 Å². The van der Waals surface area contributed by atoms with E-state index in [-0.39, 0.29) is 17.7 Å². The molecule has 0 radical (unpaired) electrons. The van der Waals surface area contributed by atoms with Crippen LogP contribution in [0.2, 0.25) is 0 Å². The Kier molecular flexibility index (Phi) is 5.25. The van der Waals surface area contributed by atoms with Crippen LogP contribution >= 0.6 is 0 Å². The van der Waals surface area contributed by atoms with Gasteiger partial charge in [0, 0.05) is 25.6 Å². The van der Waals surface area contributed by atoms with E-state index in [2.05, 4.69) is 12.2 Å². The number of carbonyl (C=O) groups is 2. The summed E-state index contributed by atoms with van der Waals surface area (Å²) in [6.45, 7) is 6.10. The lowest BCUT2D eigenvalue weighted by atomic mass is 9.76. The predicted molar refractivity (Wildman–Crippen MR) is 82.5 cm³/mol. The maximum Gasteiger partial charge on any atom is 0.242 e. The number of nitrogens with one attached hydrogen (secondary N) is 1. The predicted octanol–water partition coefficient (Wildman–Crippen LogP) is 1.27. The van der Waals surface area contributed by atoms with E-state index in [1.807, 2.05) is 11.8 Å². The number of amides is 2. The third-order valence-electron chi connectivity index (χ3n) is 4.96. The van der Waals surface area contributed by atoms with Crippen LogP contribution in [0, 0.1) is 11.8 Å². The van der Waals surface area contributed by atoms with Crippen molar-refractivity contribution in [1.82, 2.24) is 10.2 Å². The van der Waals surface area contributed by atoms with Gasteiger partial charge in [0.2, 0.25) is 11.8 Å². The number of piperidine rings is 1. The fraction of sp³-hybridized carbons (Fsp3) is 0.875. The fourth-order valence-electron chi connectivity index (χ4n) is 3.76. The molecule has 0 aromatic heterocycles. The molecule has 5 heteroatoms. The van der Waals surface area contributed by atoms with Gasteiger partial charge in [-0.3, -0.25) is 9.59 Å². The Hall–Kier alpha value is -1.10. The minimum atomic E-state index is -0.670. The smallest absolute Gasteiger partial charge is 0.242 e. The van der Waals surface area contributed by atoms with Crippen molar-refractivity contribution in [3.8, 4) is 0 Å². The Morgan fingerprint density at radius 2 is 1.95 bits per heavy atom. The molecule has 1 aliphatic carbocycles. The molecule has 2 amide bonds. The summed E-state index contributed by atoms with van der Waals surface area (Å²) in [5.41, 5.74) is 5.73. The minimum absolute atomic E-state index is 0.0491. The molecule has 21 heavy (non-hydrogen) atoms. The highest BCUT2D eigenvalue weighted by atomic mass is 16.2. The Bertz CT molecular complexity index is 391. The Labute approximate surface area is 127 Å². The van der Waals surface area contributed by atoms with Crippen molar-refractivity contribution in [1.29, 1.82) is 0 Å². The van der Waals surface area contributed by atoms with E-state index < -0.39 is 5.54 Å². The van der Waals surface area contributed by atoms with Crippen LogP contribution in [0.1, 0.15) is 52.4 Å². The summed E-state index contributed by atoms with van der Waals surface area (Å²) < 4.78 is 0. The van der Waals surface area contributed by atoms with Crippen LogP contribution in [0.25, 0.3) is 0 Å². The van der Waals surface area contributed by atoms with Crippen LogP contribution in [0.4, 0.5) is 0 Å². The van der Waals surface area contributed by atoms with Gasteiger partial charge in [-0.1, -0.05) is 19.8 Å².